The molecule has 0 atom stereocenters. The summed E-state index contributed by atoms with van der Waals surface area (Å²) >= 11 is 7.31. The second-order valence-electron chi connectivity index (χ2n) is 7.63. The molecule has 10 heteroatoms. The minimum Gasteiger partial charge on any atom is -0.299 e. The molecule has 0 radical (unpaired) electrons. The maximum absolute atomic E-state index is 13.4. The Morgan fingerprint density at radius 1 is 0.971 bits per heavy atom. The Kier molecular flexibility index (Phi) is 6.97. The molecule has 0 unspecified atom stereocenters. The van der Waals surface area contributed by atoms with E-state index in [1.807, 2.05) is 38.1 Å². The first kappa shape index (κ1) is 23.9. The summed E-state index contributed by atoms with van der Waals surface area (Å²) in [6, 6.07) is 20.6. The Morgan fingerprint density at radius 3 is 2.26 bits per heavy atom. The van der Waals surface area contributed by atoms with Crippen LogP contribution in [0.4, 0.5) is 10.8 Å². The molecule has 0 saturated heterocycles. The van der Waals surface area contributed by atoms with Gasteiger partial charge in [-0.2, -0.15) is 0 Å². The minimum atomic E-state index is -4.04. The molecule has 174 valence electrons. The molecule has 34 heavy (non-hydrogen) atoms. The Labute approximate surface area is 207 Å². The van der Waals surface area contributed by atoms with Gasteiger partial charge in [-0.05, 0) is 44.2 Å². The first-order valence-electron chi connectivity index (χ1n) is 10.3. The Hall–Kier alpha value is -3.27. The van der Waals surface area contributed by atoms with Crippen LogP contribution in [-0.4, -0.2) is 31.1 Å². The molecular formula is C24H21ClN4O3S2. The molecular weight excluding hydrogens is 492 g/mol. The summed E-state index contributed by atoms with van der Waals surface area (Å²) in [5.74, 6) is -0.553. The van der Waals surface area contributed by atoms with Crippen molar-refractivity contribution in [3.8, 4) is 10.6 Å². The molecule has 0 bridgehead atoms. The zero-order valence-electron chi connectivity index (χ0n) is 18.4. The molecule has 0 aliphatic rings. The largest absolute Gasteiger partial charge is 0.299 e. The first-order valence-corrected chi connectivity index (χ1v) is 12.9. The number of amides is 1. The van der Waals surface area contributed by atoms with Gasteiger partial charge in [0, 0.05) is 10.6 Å². The van der Waals surface area contributed by atoms with Gasteiger partial charge in [0.05, 0.1) is 10.6 Å². The Bertz CT molecular complexity index is 1420. The van der Waals surface area contributed by atoms with Crippen LogP contribution in [0.2, 0.25) is 5.02 Å². The molecule has 4 rings (SSSR count). The van der Waals surface area contributed by atoms with Crippen LogP contribution < -0.4 is 9.62 Å². The van der Waals surface area contributed by atoms with Crippen LogP contribution in [0.3, 0.4) is 0 Å². The molecule has 0 aliphatic heterocycles. The van der Waals surface area contributed by atoms with Crippen LogP contribution in [0.5, 0.6) is 0 Å². The average Bonchev–Trinajstić information content (AvgIpc) is 3.26. The average molecular weight is 513 g/mol. The van der Waals surface area contributed by atoms with E-state index >= 15 is 0 Å². The molecule has 1 amide bonds. The molecule has 4 aromatic rings. The van der Waals surface area contributed by atoms with E-state index in [0.29, 0.717) is 10.0 Å². The van der Waals surface area contributed by atoms with E-state index in [1.165, 1.54) is 29.5 Å². The number of sulfonamides is 1. The lowest BCUT2D eigenvalue weighted by Crippen LogP contribution is -2.38. The van der Waals surface area contributed by atoms with E-state index in [1.54, 1.807) is 30.3 Å². The lowest BCUT2D eigenvalue weighted by Gasteiger charge is -2.24. The van der Waals surface area contributed by atoms with Gasteiger partial charge in [0.25, 0.3) is 10.0 Å². The predicted molar refractivity (Wildman–Crippen MR) is 136 cm³/mol. The normalized spacial score (nSPS) is 11.3. The zero-order chi connectivity index (χ0) is 24.3. The van der Waals surface area contributed by atoms with Crippen molar-refractivity contribution in [2.24, 2.45) is 0 Å². The van der Waals surface area contributed by atoms with Crippen LogP contribution in [0, 0.1) is 13.8 Å². The predicted octanol–water partition coefficient (Wildman–Crippen LogP) is 5.31. The fourth-order valence-corrected chi connectivity index (χ4v) is 5.52. The number of carbonyl (C=O) groups excluding carboxylic acids is 1. The van der Waals surface area contributed by atoms with E-state index in [0.717, 1.165) is 21.0 Å². The number of halogens is 1. The van der Waals surface area contributed by atoms with Crippen LogP contribution in [0.15, 0.2) is 77.7 Å². The van der Waals surface area contributed by atoms with Crippen LogP contribution in [0.25, 0.3) is 10.6 Å². The van der Waals surface area contributed by atoms with Crippen molar-refractivity contribution in [1.82, 2.24) is 10.2 Å². The molecule has 1 N–H and O–H groups in total. The van der Waals surface area contributed by atoms with E-state index in [4.69, 9.17) is 11.6 Å². The van der Waals surface area contributed by atoms with Gasteiger partial charge in [0.2, 0.25) is 11.0 Å². The highest BCUT2D eigenvalue weighted by Crippen LogP contribution is 2.28. The number of hydrogen-bond donors (Lipinski definition) is 1. The van der Waals surface area contributed by atoms with E-state index in [2.05, 4.69) is 15.5 Å². The van der Waals surface area contributed by atoms with Crippen LogP contribution in [0.1, 0.15) is 11.1 Å². The number of carbonyl (C=O) groups is 1. The van der Waals surface area contributed by atoms with Gasteiger partial charge in [0.1, 0.15) is 11.6 Å². The van der Waals surface area contributed by atoms with Crippen molar-refractivity contribution in [3.63, 3.8) is 0 Å². The topological polar surface area (TPSA) is 92.3 Å². The maximum Gasteiger partial charge on any atom is 0.264 e. The number of rotatable bonds is 7. The second-order valence-corrected chi connectivity index (χ2v) is 10.9. The number of anilines is 2. The van der Waals surface area contributed by atoms with Crippen molar-refractivity contribution in [2.75, 3.05) is 16.2 Å². The molecule has 3 aromatic carbocycles. The summed E-state index contributed by atoms with van der Waals surface area (Å²) in [6.07, 6.45) is 0. The molecule has 1 heterocycles. The lowest BCUT2D eigenvalue weighted by atomic mass is 10.2. The van der Waals surface area contributed by atoms with Crippen molar-refractivity contribution in [1.29, 1.82) is 0 Å². The summed E-state index contributed by atoms with van der Waals surface area (Å²) in [5, 5.41) is 12.1. The summed E-state index contributed by atoms with van der Waals surface area (Å²) in [6.45, 7) is 3.40. The third-order valence-electron chi connectivity index (χ3n) is 4.96. The zero-order valence-corrected chi connectivity index (χ0v) is 20.8. The summed E-state index contributed by atoms with van der Waals surface area (Å²) in [5.41, 5.74) is 3.20. The highest BCUT2D eigenvalue weighted by Gasteiger charge is 2.28. The second kappa shape index (κ2) is 9.92. The third kappa shape index (κ3) is 5.44. The molecule has 0 saturated carbocycles. The summed E-state index contributed by atoms with van der Waals surface area (Å²) < 4.78 is 27.9. The van der Waals surface area contributed by atoms with Crippen LogP contribution >= 0.6 is 22.9 Å². The van der Waals surface area contributed by atoms with Gasteiger partial charge in [-0.3, -0.25) is 14.4 Å². The SMILES string of the molecule is Cc1ccc(-c2nnc(NC(=O)CN(c3cccc(Cl)c3)S(=O)(=O)c3ccc(C)cc3)s2)cc1. The minimum absolute atomic E-state index is 0.0726. The van der Waals surface area contributed by atoms with Gasteiger partial charge >= 0.3 is 0 Å². The highest BCUT2D eigenvalue weighted by atomic mass is 35.5. The van der Waals surface area contributed by atoms with Gasteiger partial charge in [0.15, 0.2) is 0 Å². The van der Waals surface area contributed by atoms with Crippen molar-refractivity contribution in [3.05, 3.63) is 88.9 Å². The molecule has 1 aromatic heterocycles. The Balaban J connectivity index is 1.59. The molecule has 0 spiro atoms. The smallest absolute Gasteiger partial charge is 0.264 e. The van der Waals surface area contributed by atoms with Crippen molar-refractivity contribution < 1.29 is 13.2 Å². The van der Waals surface area contributed by atoms with Gasteiger partial charge in [-0.25, -0.2) is 8.42 Å². The van der Waals surface area contributed by atoms with E-state index in [9.17, 15) is 13.2 Å². The fraction of sp³-hybridized carbons (Fsp3) is 0.125. The van der Waals surface area contributed by atoms with Crippen molar-refractivity contribution in [2.45, 2.75) is 18.7 Å². The first-order chi connectivity index (χ1) is 16.2. The fourth-order valence-electron chi connectivity index (χ4n) is 3.16. The summed E-state index contributed by atoms with van der Waals surface area (Å²) in [7, 11) is -4.04. The maximum atomic E-state index is 13.4. The summed E-state index contributed by atoms with van der Waals surface area (Å²) in [4.78, 5) is 13.0. The van der Waals surface area contributed by atoms with Crippen molar-refractivity contribution >= 4 is 49.7 Å². The van der Waals surface area contributed by atoms with E-state index in [-0.39, 0.29) is 15.7 Å². The van der Waals surface area contributed by atoms with Gasteiger partial charge in [-0.15, -0.1) is 10.2 Å². The number of nitrogens with one attached hydrogen (secondary N) is 1. The molecule has 0 aliphatic carbocycles. The molecule has 7 nitrogen and oxygen atoms in total. The standard InChI is InChI=1S/C24H21ClN4O3S2/c1-16-6-10-18(11-7-16)23-27-28-24(33-23)26-22(30)15-29(20-5-3-4-19(25)14-20)34(31,32)21-12-8-17(2)9-13-21/h3-14H,15H2,1-2H3,(H,26,28,30). The lowest BCUT2D eigenvalue weighted by molar-refractivity contribution is -0.114. The molecule has 0 fully saturated rings. The Morgan fingerprint density at radius 2 is 1.62 bits per heavy atom. The van der Waals surface area contributed by atoms with Gasteiger partial charge in [-0.1, -0.05) is 76.5 Å². The number of nitrogens with zero attached hydrogens (tertiary/aromatic N) is 3. The highest BCUT2D eigenvalue weighted by molar-refractivity contribution is 7.92. The number of benzene rings is 3. The monoisotopic (exact) mass is 512 g/mol. The van der Waals surface area contributed by atoms with Crippen LogP contribution in [-0.2, 0) is 14.8 Å². The third-order valence-corrected chi connectivity index (χ3v) is 7.87. The number of aromatic nitrogens is 2. The quantitative estimate of drug-likeness (QED) is 0.362. The number of aryl methyl sites for hydroxylation is 2. The van der Waals surface area contributed by atoms with Gasteiger partial charge < -0.3 is 0 Å². The number of hydrogen-bond acceptors (Lipinski definition) is 6. The van der Waals surface area contributed by atoms with E-state index < -0.39 is 22.5 Å².